The van der Waals surface area contributed by atoms with Crippen LogP contribution in [0.3, 0.4) is 0 Å². The molecule has 118 valence electrons. The first-order chi connectivity index (χ1) is 11.0. The maximum absolute atomic E-state index is 10.2. The summed E-state index contributed by atoms with van der Waals surface area (Å²) < 4.78 is 1.77. The first-order valence-corrected chi connectivity index (χ1v) is 7.72. The van der Waals surface area contributed by atoms with Crippen LogP contribution in [0, 0.1) is 6.92 Å². The molecule has 0 bridgehead atoms. The van der Waals surface area contributed by atoms with Gasteiger partial charge in [-0.05, 0) is 42.7 Å². The third kappa shape index (κ3) is 2.77. The Morgan fingerprint density at radius 3 is 2.57 bits per heavy atom. The summed E-state index contributed by atoms with van der Waals surface area (Å²) in [5.74, 6) is 0.503. The van der Waals surface area contributed by atoms with Crippen LogP contribution in [0.1, 0.15) is 18.1 Å². The van der Waals surface area contributed by atoms with Gasteiger partial charge in [0.05, 0.1) is 5.56 Å². The molecule has 1 heterocycles. The summed E-state index contributed by atoms with van der Waals surface area (Å²) >= 11 is 4.38. The zero-order chi connectivity index (χ0) is 16.6. The molecule has 1 aromatic heterocycles. The maximum atomic E-state index is 10.2. The number of phenols is 2. The van der Waals surface area contributed by atoms with Crippen molar-refractivity contribution in [3.05, 3.63) is 47.5 Å². The molecule has 0 unspecified atom stereocenters. The van der Waals surface area contributed by atoms with Gasteiger partial charge in [0, 0.05) is 11.8 Å². The summed E-state index contributed by atoms with van der Waals surface area (Å²) in [6.45, 7) is 3.93. The number of hydrogen-bond acceptors (Lipinski definition) is 5. The minimum absolute atomic E-state index is 0.0469. The van der Waals surface area contributed by atoms with E-state index in [1.54, 1.807) is 10.6 Å². The predicted molar refractivity (Wildman–Crippen MR) is 91.5 cm³/mol. The zero-order valence-electron chi connectivity index (χ0n) is 12.9. The van der Waals surface area contributed by atoms with Gasteiger partial charge < -0.3 is 10.2 Å². The fourth-order valence-electron chi connectivity index (χ4n) is 2.54. The lowest BCUT2D eigenvalue weighted by Crippen LogP contribution is -1.99. The number of benzene rings is 2. The smallest absolute Gasteiger partial charge is 0.193 e. The Kier molecular flexibility index (Phi) is 4.00. The van der Waals surface area contributed by atoms with E-state index in [1.807, 2.05) is 38.1 Å². The van der Waals surface area contributed by atoms with Crippen LogP contribution < -0.4 is 0 Å². The molecule has 3 aromatic rings. The summed E-state index contributed by atoms with van der Waals surface area (Å²) in [5, 5.41) is 28.7. The molecule has 0 saturated carbocycles. The Bertz CT molecular complexity index is 874. The van der Waals surface area contributed by atoms with Gasteiger partial charge in [-0.15, -0.1) is 22.8 Å². The molecule has 3 rings (SSSR count). The maximum Gasteiger partial charge on any atom is 0.193 e. The van der Waals surface area contributed by atoms with Crippen molar-refractivity contribution in [3.63, 3.8) is 0 Å². The van der Waals surface area contributed by atoms with E-state index in [0.29, 0.717) is 23.0 Å². The average Bonchev–Trinajstić information content (AvgIpc) is 2.89. The zero-order valence-corrected chi connectivity index (χ0v) is 13.7. The topological polar surface area (TPSA) is 71.2 Å². The summed E-state index contributed by atoms with van der Waals surface area (Å²) in [4.78, 5) is 0. The highest BCUT2D eigenvalue weighted by molar-refractivity contribution is 7.80. The van der Waals surface area contributed by atoms with E-state index in [-0.39, 0.29) is 11.5 Å². The van der Waals surface area contributed by atoms with Crippen molar-refractivity contribution >= 4 is 12.6 Å². The van der Waals surface area contributed by atoms with Gasteiger partial charge in [-0.2, -0.15) is 0 Å². The van der Waals surface area contributed by atoms with E-state index in [4.69, 9.17) is 0 Å². The highest BCUT2D eigenvalue weighted by Gasteiger charge is 2.18. The summed E-state index contributed by atoms with van der Waals surface area (Å²) in [6, 6.07) is 10.9. The molecule has 23 heavy (non-hydrogen) atoms. The van der Waals surface area contributed by atoms with Crippen LogP contribution in [0.2, 0.25) is 0 Å². The van der Waals surface area contributed by atoms with Crippen LogP contribution in [0.25, 0.3) is 17.1 Å². The van der Waals surface area contributed by atoms with Gasteiger partial charge in [0.1, 0.15) is 11.5 Å². The lowest BCUT2D eigenvalue weighted by Gasteiger charge is -2.12. The number of rotatable bonds is 3. The molecule has 0 fully saturated rings. The van der Waals surface area contributed by atoms with Crippen molar-refractivity contribution < 1.29 is 10.2 Å². The van der Waals surface area contributed by atoms with E-state index in [1.165, 1.54) is 6.07 Å². The number of aromatic hydroxyl groups is 2. The molecule has 0 aliphatic carbocycles. The molecular weight excluding hydrogens is 310 g/mol. The molecule has 2 aromatic carbocycles. The minimum atomic E-state index is -0.0469. The predicted octanol–water partition coefficient (Wildman–Crippen LogP) is 3.51. The SMILES string of the molecule is CCc1cc(-c2nnc(S)n2-c2cccc(C)c2)c(O)cc1O. The molecule has 6 heteroatoms. The van der Waals surface area contributed by atoms with Gasteiger partial charge in [-0.25, -0.2) is 0 Å². The van der Waals surface area contributed by atoms with Crippen molar-refractivity contribution in [2.45, 2.75) is 25.4 Å². The lowest BCUT2D eigenvalue weighted by molar-refractivity contribution is 0.447. The van der Waals surface area contributed by atoms with Crippen LogP contribution in [-0.2, 0) is 6.42 Å². The minimum Gasteiger partial charge on any atom is -0.508 e. The molecule has 5 nitrogen and oxygen atoms in total. The van der Waals surface area contributed by atoms with Gasteiger partial charge in [0.15, 0.2) is 11.0 Å². The van der Waals surface area contributed by atoms with Gasteiger partial charge in [0.2, 0.25) is 0 Å². The van der Waals surface area contributed by atoms with Gasteiger partial charge in [-0.3, -0.25) is 4.57 Å². The van der Waals surface area contributed by atoms with E-state index in [9.17, 15) is 10.2 Å². The third-order valence-corrected chi connectivity index (χ3v) is 4.01. The quantitative estimate of drug-likeness (QED) is 0.644. The van der Waals surface area contributed by atoms with Crippen LogP contribution in [-0.4, -0.2) is 25.0 Å². The van der Waals surface area contributed by atoms with E-state index >= 15 is 0 Å². The standard InChI is InChI=1S/C17H17N3O2S/c1-3-11-8-13(15(22)9-14(11)21)16-18-19-17(23)20(16)12-6-4-5-10(2)7-12/h4-9,21-22H,3H2,1-2H3,(H,19,23). The molecule has 0 saturated heterocycles. The van der Waals surface area contributed by atoms with Gasteiger partial charge >= 0.3 is 0 Å². The second-order valence-electron chi connectivity index (χ2n) is 5.35. The highest BCUT2D eigenvalue weighted by atomic mass is 32.1. The Morgan fingerprint density at radius 2 is 1.87 bits per heavy atom. The monoisotopic (exact) mass is 327 g/mol. The summed E-state index contributed by atoms with van der Waals surface area (Å²) in [6.07, 6.45) is 0.644. The van der Waals surface area contributed by atoms with Crippen LogP contribution in [0.4, 0.5) is 0 Å². The number of aromatic nitrogens is 3. The van der Waals surface area contributed by atoms with Crippen molar-refractivity contribution in [2.24, 2.45) is 0 Å². The number of aryl methyl sites for hydroxylation is 2. The Hall–Kier alpha value is -2.47. The molecule has 0 aliphatic heterocycles. The summed E-state index contributed by atoms with van der Waals surface area (Å²) in [5.41, 5.74) is 3.20. The Balaban J connectivity index is 2.23. The van der Waals surface area contributed by atoms with E-state index in [0.717, 1.165) is 16.8 Å². The Labute approximate surface area is 139 Å². The first-order valence-electron chi connectivity index (χ1n) is 7.28. The van der Waals surface area contributed by atoms with Gasteiger partial charge in [-0.1, -0.05) is 19.1 Å². The average molecular weight is 327 g/mol. The van der Waals surface area contributed by atoms with Crippen LogP contribution >= 0.6 is 12.6 Å². The van der Waals surface area contributed by atoms with Crippen molar-refractivity contribution in [3.8, 4) is 28.6 Å². The van der Waals surface area contributed by atoms with E-state index < -0.39 is 0 Å². The first kappa shape index (κ1) is 15.4. The second-order valence-corrected chi connectivity index (χ2v) is 5.75. The van der Waals surface area contributed by atoms with Gasteiger partial charge in [0.25, 0.3) is 0 Å². The lowest BCUT2D eigenvalue weighted by atomic mass is 10.1. The number of nitrogens with zero attached hydrogens (tertiary/aromatic N) is 3. The normalized spacial score (nSPS) is 10.9. The third-order valence-electron chi connectivity index (χ3n) is 3.72. The Morgan fingerprint density at radius 1 is 1.09 bits per heavy atom. The number of hydrogen-bond donors (Lipinski definition) is 3. The number of phenolic OH excluding ortho intramolecular Hbond substituents is 2. The van der Waals surface area contributed by atoms with Crippen LogP contribution in [0.15, 0.2) is 41.6 Å². The number of thiol groups is 1. The molecule has 0 aliphatic rings. The fourth-order valence-corrected chi connectivity index (χ4v) is 2.79. The van der Waals surface area contributed by atoms with Crippen molar-refractivity contribution in [1.29, 1.82) is 0 Å². The molecular formula is C17H17N3O2S. The van der Waals surface area contributed by atoms with Crippen molar-refractivity contribution in [1.82, 2.24) is 14.8 Å². The fraction of sp³-hybridized carbons (Fsp3) is 0.176. The summed E-state index contributed by atoms with van der Waals surface area (Å²) in [7, 11) is 0. The van der Waals surface area contributed by atoms with E-state index in [2.05, 4.69) is 22.8 Å². The molecule has 0 spiro atoms. The van der Waals surface area contributed by atoms with Crippen LogP contribution in [0.5, 0.6) is 11.5 Å². The second kappa shape index (κ2) is 5.96. The largest absolute Gasteiger partial charge is 0.508 e. The molecule has 2 N–H and O–H groups in total. The molecule has 0 atom stereocenters. The highest BCUT2D eigenvalue weighted by Crippen LogP contribution is 2.36. The molecule has 0 amide bonds. The van der Waals surface area contributed by atoms with Crippen molar-refractivity contribution in [2.75, 3.05) is 0 Å². The molecule has 0 radical (unpaired) electrons.